The van der Waals surface area contributed by atoms with Crippen LogP contribution >= 0.6 is 11.3 Å². The van der Waals surface area contributed by atoms with Gasteiger partial charge in [0.05, 0.1) is 10.2 Å². The maximum atomic E-state index is 4.58. The van der Waals surface area contributed by atoms with Crippen molar-refractivity contribution in [2.24, 2.45) is 5.92 Å². The fourth-order valence-corrected chi connectivity index (χ4v) is 5.32. The molecule has 4 nitrogen and oxygen atoms in total. The van der Waals surface area contributed by atoms with E-state index < -0.39 is 0 Å². The molecule has 0 radical (unpaired) electrons. The molecular formula is C19H28N4S. The zero-order valence-electron chi connectivity index (χ0n) is 14.8. The normalized spacial score (nSPS) is 26.8. The van der Waals surface area contributed by atoms with Crippen molar-refractivity contribution < 1.29 is 0 Å². The summed E-state index contributed by atoms with van der Waals surface area (Å²) in [6.45, 7) is 4.89. The van der Waals surface area contributed by atoms with Gasteiger partial charge in [-0.05, 0) is 55.9 Å². The third kappa shape index (κ3) is 3.16. The maximum absolute atomic E-state index is 4.58. The molecule has 5 heteroatoms. The molecule has 1 saturated heterocycles. The fourth-order valence-electron chi connectivity index (χ4n) is 4.45. The summed E-state index contributed by atoms with van der Waals surface area (Å²) < 4.78 is 1.23. The lowest BCUT2D eigenvalue weighted by molar-refractivity contribution is 0.110. The number of hydrogen-bond acceptors (Lipinski definition) is 5. The van der Waals surface area contributed by atoms with Crippen LogP contribution in [0, 0.1) is 5.92 Å². The Morgan fingerprint density at radius 1 is 1.08 bits per heavy atom. The van der Waals surface area contributed by atoms with E-state index in [-0.39, 0.29) is 0 Å². The van der Waals surface area contributed by atoms with E-state index in [9.17, 15) is 0 Å². The molecular weight excluding hydrogens is 316 g/mol. The minimum absolute atomic E-state index is 0.601. The molecule has 1 saturated carbocycles. The number of aromatic nitrogens is 2. The van der Waals surface area contributed by atoms with Crippen LogP contribution < -0.4 is 4.90 Å². The van der Waals surface area contributed by atoms with Crippen LogP contribution in [0.3, 0.4) is 0 Å². The Labute approximate surface area is 148 Å². The van der Waals surface area contributed by atoms with Gasteiger partial charge in [0.2, 0.25) is 0 Å². The Morgan fingerprint density at radius 3 is 2.58 bits per heavy atom. The second kappa shape index (κ2) is 6.96. The van der Waals surface area contributed by atoms with Gasteiger partial charge in [0.15, 0.2) is 0 Å². The molecule has 4 rings (SSSR count). The Balaban J connectivity index is 1.39. The molecule has 2 aromatic rings. The van der Waals surface area contributed by atoms with Crippen LogP contribution in [0.25, 0.3) is 10.2 Å². The van der Waals surface area contributed by atoms with Crippen molar-refractivity contribution in [3.8, 4) is 0 Å². The Morgan fingerprint density at radius 2 is 1.83 bits per heavy atom. The van der Waals surface area contributed by atoms with E-state index in [0.717, 1.165) is 23.3 Å². The SMILES string of the molecule is CC1CCC(N2CCC(N(C)c3ncnc4ccsc34)CC2)CC1. The maximum Gasteiger partial charge on any atom is 0.150 e. The quantitative estimate of drug-likeness (QED) is 0.836. The summed E-state index contributed by atoms with van der Waals surface area (Å²) in [5, 5.41) is 2.11. The van der Waals surface area contributed by atoms with E-state index in [1.54, 1.807) is 17.7 Å². The summed E-state index contributed by atoms with van der Waals surface area (Å²) in [5.74, 6) is 2.05. The average Bonchev–Trinajstić information content (AvgIpc) is 3.11. The summed E-state index contributed by atoms with van der Waals surface area (Å²) in [6, 6.07) is 3.53. The summed E-state index contributed by atoms with van der Waals surface area (Å²) >= 11 is 1.75. The van der Waals surface area contributed by atoms with Crippen LogP contribution in [0.4, 0.5) is 5.82 Å². The minimum atomic E-state index is 0.601. The first kappa shape index (κ1) is 16.3. The van der Waals surface area contributed by atoms with E-state index >= 15 is 0 Å². The lowest BCUT2D eigenvalue weighted by Crippen LogP contribution is -2.48. The zero-order valence-corrected chi connectivity index (χ0v) is 15.6. The predicted octanol–water partition coefficient (Wildman–Crippen LogP) is 4.17. The highest BCUT2D eigenvalue weighted by Crippen LogP contribution is 2.32. The average molecular weight is 345 g/mol. The molecule has 0 bridgehead atoms. The van der Waals surface area contributed by atoms with Crippen LogP contribution in [-0.4, -0.2) is 47.1 Å². The van der Waals surface area contributed by atoms with E-state index in [1.807, 2.05) is 0 Å². The molecule has 0 amide bonds. The summed E-state index contributed by atoms with van der Waals surface area (Å²) in [6.07, 6.45) is 9.86. The highest BCUT2D eigenvalue weighted by molar-refractivity contribution is 7.17. The van der Waals surface area contributed by atoms with Crippen LogP contribution in [0.2, 0.25) is 0 Å². The first-order valence-corrected chi connectivity index (χ1v) is 10.3. The molecule has 1 aliphatic heterocycles. The zero-order chi connectivity index (χ0) is 16.5. The van der Waals surface area contributed by atoms with Gasteiger partial charge in [-0.1, -0.05) is 6.92 Å². The lowest BCUT2D eigenvalue weighted by atomic mass is 9.85. The van der Waals surface area contributed by atoms with Crippen LogP contribution in [-0.2, 0) is 0 Å². The third-order valence-corrected chi connectivity index (χ3v) is 7.01. The molecule has 3 heterocycles. The van der Waals surface area contributed by atoms with Crippen LogP contribution in [0.5, 0.6) is 0 Å². The van der Waals surface area contributed by atoms with Crippen molar-refractivity contribution in [2.45, 2.75) is 57.5 Å². The van der Waals surface area contributed by atoms with Gasteiger partial charge < -0.3 is 9.80 Å². The van der Waals surface area contributed by atoms with Crippen molar-refractivity contribution >= 4 is 27.4 Å². The van der Waals surface area contributed by atoms with E-state index in [1.165, 1.54) is 56.3 Å². The van der Waals surface area contributed by atoms with Gasteiger partial charge in [-0.25, -0.2) is 9.97 Å². The monoisotopic (exact) mass is 344 g/mol. The van der Waals surface area contributed by atoms with Gasteiger partial charge in [0.25, 0.3) is 0 Å². The molecule has 0 unspecified atom stereocenters. The summed E-state index contributed by atoms with van der Waals surface area (Å²) in [5.41, 5.74) is 1.07. The second-order valence-corrected chi connectivity index (χ2v) is 8.54. The lowest BCUT2D eigenvalue weighted by Gasteiger charge is -2.42. The van der Waals surface area contributed by atoms with E-state index in [0.29, 0.717) is 6.04 Å². The summed E-state index contributed by atoms with van der Waals surface area (Å²) in [4.78, 5) is 14.1. The van der Waals surface area contributed by atoms with Gasteiger partial charge in [-0.3, -0.25) is 0 Å². The molecule has 0 aromatic carbocycles. The first-order chi connectivity index (χ1) is 11.7. The van der Waals surface area contributed by atoms with Gasteiger partial charge in [-0.15, -0.1) is 11.3 Å². The smallest absolute Gasteiger partial charge is 0.150 e. The molecule has 1 aliphatic carbocycles. The highest BCUT2D eigenvalue weighted by atomic mass is 32.1. The Kier molecular flexibility index (Phi) is 4.72. The van der Waals surface area contributed by atoms with Crippen molar-refractivity contribution in [1.29, 1.82) is 0 Å². The van der Waals surface area contributed by atoms with Crippen LogP contribution in [0.1, 0.15) is 45.4 Å². The van der Waals surface area contributed by atoms with Gasteiger partial charge in [0.1, 0.15) is 12.1 Å². The van der Waals surface area contributed by atoms with Crippen molar-refractivity contribution in [2.75, 3.05) is 25.0 Å². The number of piperidine rings is 1. The summed E-state index contributed by atoms with van der Waals surface area (Å²) in [7, 11) is 2.21. The van der Waals surface area contributed by atoms with Crippen molar-refractivity contribution in [3.05, 3.63) is 17.8 Å². The largest absolute Gasteiger partial charge is 0.355 e. The number of fused-ring (bicyclic) bond motifs is 1. The highest BCUT2D eigenvalue weighted by Gasteiger charge is 2.30. The minimum Gasteiger partial charge on any atom is -0.355 e. The molecule has 0 N–H and O–H groups in total. The topological polar surface area (TPSA) is 32.3 Å². The molecule has 2 aliphatic rings. The number of nitrogens with zero attached hydrogens (tertiary/aromatic N) is 4. The Hall–Kier alpha value is -1.20. The second-order valence-electron chi connectivity index (χ2n) is 7.62. The molecule has 0 spiro atoms. The molecule has 2 fully saturated rings. The molecule has 2 aromatic heterocycles. The number of rotatable bonds is 3. The number of likely N-dealkylation sites (tertiary alicyclic amines) is 1. The van der Waals surface area contributed by atoms with Gasteiger partial charge in [-0.2, -0.15) is 0 Å². The van der Waals surface area contributed by atoms with Crippen molar-refractivity contribution in [3.63, 3.8) is 0 Å². The fraction of sp³-hybridized carbons (Fsp3) is 0.684. The molecule has 130 valence electrons. The van der Waals surface area contributed by atoms with E-state index in [4.69, 9.17) is 0 Å². The molecule has 0 atom stereocenters. The van der Waals surface area contributed by atoms with E-state index in [2.05, 4.69) is 45.2 Å². The number of thiophene rings is 1. The number of anilines is 1. The van der Waals surface area contributed by atoms with Gasteiger partial charge in [0, 0.05) is 32.2 Å². The van der Waals surface area contributed by atoms with Gasteiger partial charge >= 0.3 is 0 Å². The standard InChI is InChI=1S/C19H28N4S/c1-14-3-5-16(6-4-14)23-10-7-15(8-11-23)22(2)19-18-17(9-12-24-18)20-13-21-19/h9,12-16H,3-8,10-11H2,1-2H3. The molecule has 24 heavy (non-hydrogen) atoms. The van der Waals surface area contributed by atoms with Crippen molar-refractivity contribution in [1.82, 2.24) is 14.9 Å². The Bertz CT molecular complexity index is 669. The number of hydrogen-bond donors (Lipinski definition) is 0. The first-order valence-electron chi connectivity index (χ1n) is 9.37. The third-order valence-electron chi connectivity index (χ3n) is 6.11. The predicted molar refractivity (Wildman–Crippen MR) is 102 cm³/mol. The van der Waals surface area contributed by atoms with Crippen LogP contribution in [0.15, 0.2) is 17.8 Å².